The van der Waals surface area contributed by atoms with Crippen LogP contribution >= 0.6 is 0 Å². The third kappa shape index (κ3) is 3.31. The number of hydrogen-bond acceptors (Lipinski definition) is 2. The molecule has 1 heterocycles. The van der Waals surface area contributed by atoms with Gasteiger partial charge in [-0.2, -0.15) is 0 Å². The maximum atomic E-state index is 14.0. The summed E-state index contributed by atoms with van der Waals surface area (Å²) < 4.78 is 27.0. The highest BCUT2D eigenvalue weighted by atomic mass is 19.1. The number of piperidine rings is 1. The molecule has 2 nitrogen and oxygen atoms in total. The SMILES string of the molecule is CC(C)CN1CCCC(N)C1c1ccc(F)cc1F. The molecule has 1 aromatic rings. The lowest BCUT2D eigenvalue weighted by Gasteiger charge is -2.41. The maximum Gasteiger partial charge on any atom is 0.130 e. The molecule has 1 aromatic carbocycles. The minimum atomic E-state index is -0.541. The first-order valence-electron chi connectivity index (χ1n) is 6.93. The summed E-state index contributed by atoms with van der Waals surface area (Å²) in [5, 5.41) is 0. The average molecular weight is 268 g/mol. The molecular formula is C15H22F2N2. The molecule has 0 bridgehead atoms. The van der Waals surface area contributed by atoms with Gasteiger partial charge in [0.1, 0.15) is 11.6 Å². The number of nitrogens with two attached hydrogens (primary N) is 1. The lowest BCUT2D eigenvalue weighted by atomic mass is 9.90. The normalized spacial score (nSPS) is 24.9. The van der Waals surface area contributed by atoms with Gasteiger partial charge in [0, 0.05) is 24.2 Å². The van der Waals surface area contributed by atoms with E-state index in [9.17, 15) is 8.78 Å². The van der Waals surface area contributed by atoms with Gasteiger partial charge in [-0.05, 0) is 31.4 Å². The van der Waals surface area contributed by atoms with Crippen LogP contribution in [0.5, 0.6) is 0 Å². The predicted molar refractivity (Wildman–Crippen MR) is 72.7 cm³/mol. The van der Waals surface area contributed by atoms with Crippen LogP contribution in [0.4, 0.5) is 8.78 Å². The van der Waals surface area contributed by atoms with E-state index < -0.39 is 11.6 Å². The van der Waals surface area contributed by atoms with Gasteiger partial charge in [-0.25, -0.2) is 8.78 Å². The van der Waals surface area contributed by atoms with Gasteiger partial charge in [0.15, 0.2) is 0 Å². The molecule has 2 rings (SSSR count). The third-order valence-electron chi connectivity index (χ3n) is 3.66. The number of halogens is 2. The molecule has 0 spiro atoms. The Kier molecular flexibility index (Phi) is 4.53. The fraction of sp³-hybridized carbons (Fsp3) is 0.600. The Morgan fingerprint density at radius 2 is 2.11 bits per heavy atom. The minimum Gasteiger partial charge on any atom is -0.326 e. The van der Waals surface area contributed by atoms with Crippen molar-refractivity contribution in [3.8, 4) is 0 Å². The zero-order valence-corrected chi connectivity index (χ0v) is 11.6. The highest BCUT2D eigenvalue weighted by Gasteiger charge is 2.32. The summed E-state index contributed by atoms with van der Waals surface area (Å²) in [5.74, 6) is -0.534. The molecule has 0 radical (unpaired) electrons. The van der Waals surface area contributed by atoms with Gasteiger partial charge < -0.3 is 5.73 Å². The highest BCUT2D eigenvalue weighted by molar-refractivity contribution is 5.24. The molecule has 2 atom stereocenters. The first-order valence-corrected chi connectivity index (χ1v) is 6.93. The average Bonchev–Trinajstić information content (AvgIpc) is 2.30. The lowest BCUT2D eigenvalue weighted by molar-refractivity contribution is 0.111. The van der Waals surface area contributed by atoms with E-state index in [0.29, 0.717) is 11.5 Å². The van der Waals surface area contributed by atoms with Crippen LogP contribution in [0.1, 0.15) is 38.3 Å². The van der Waals surface area contributed by atoms with Crippen molar-refractivity contribution in [1.29, 1.82) is 0 Å². The van der Waals surface area contributed by atoms with E-state index in [1.54, 1.807) is 0 Å². The number of benzene rings is 1. The Bertz CT molecular complexity index is 434. The molecule has 0 amide bonds. The van der Waals surface area contributed by atoms with Crippen molar-refractivity contribution in [2.75, 3.05) is 13.1 Å². The summed E-state index contributed by atoms with van der Waals surface area (Å²) in [6.07, 6.45) is 1.92. The van der Waals surface area contributed by atoms with E-state index in [2.05, 4.69) is 18.7 Å². The van der Waals surface area contributed by atoms with Crippen molar-refractivity contribution in [3.63, 3.8) is 0 Å². The van der Waals surface area contributed by atoms with Gasteiger partial charge >= 0.3 is 0 Å². The Hall–Kier alpha value is -1.00. The molecule has 2 N–H and O–H groups in total. The van der Waals surface area contributed by atoms with Crippen molar-refractivity contribution in [1.82, 2.24) is 4.90 Å². The van der Waals surface area contributed by atoms with Gasteiger partial charge in [-0.15, -0.1) is 0 Å². The fourth-order valence-corrected chi connectivity index (χ4v) is 2.94. The van der Waals surface area contributed by atoms with Crippen molar-refractivity contribution >= 4 is 0 Å². The summed E-state index contributed by atoms with van der Waals surface area (Å²) in [7, 11) is 0. The molecule has 2 unspecified atom stereocenters. The predicted octanol–water partition coefficient (Wildman–Crippen LogP) is 3.09. The van der Waals surface area contributed by atoms with Crippen LogP contribution in [-0.2, 0) is 0 Å². The quantitative estimate of drug-likeness (QED) is 0.912. The number of rotatable bonds is 3. The van der Waals surface area contributed by atoms with E-state index >= 15 is 0 Å². The highest BCUT2D eigenvalue weighted by Crippen LogP contribution is 2.32. The first kappa shape index (κ1) is 14.4. The van der Waals surface area contributed by atoms with Crippen LogP contribution in [0.2, 0.25) is 0 Å². The zero-order chi connectivity index (χ0) is 14.0. The molecule has 0 aliphatic carbocycles. The van der Waals surface area contributed by atoms with Crippen molar-refractivity contribution in [2.45, 2.75) is 38.8 Å². The van der Waals surface area contributed by atoms with Gasteiger partial charge in [-0.3, -0.25) is 4.90 Å². The van der Waals surface area contributed by atoms with Crippen LogP contribution in [0.3, 0.4) is 0 Å². The molecular weight excluding hydrogens is 246 g/mol. The Labute approximate surface area is 113 Å². The zero-order valence-electron chi connectivity index (χ0n) is 11.6. The van der Waals surface area contributed by atoms with Gasteiger partial charge in [0.05, 0.1) is 6.04 Å². The summed E-state index contributed by atoms with van der Waals surface area (Å²) in [6.45, 7) is 6.08. The van der Waals surface area contributed by atoms with Gasteiger partial charge in [0.25, 0.3) is 0 Å². The van der Waals surface area contributed by atoms with E-state index in [0.717, 1.165) is 32.0 Å². The Balaban J connectivity index is 2.30. The van der Waals surface area contributed by atoms with E-state index in [-0.39, 0.29) is 12.1 Å². The minimum absolute atomic E-state index is 0.0903. The maximum absolute atomic E-state index is 14.0. The number of nitrogens with zero attached hydrogens (tertiary/aromatic N) is 1. The second kappa shape index (κ2) is 5.97. The molecule has 106 valence electrons. The van der Waals surface area contributed by atoms with Crippen LogP contribution in [0.25, 0.3) is 0 Å². The number of likely N-dealkylation sites (tertiary alicyclic amines) is 1. The van der Waals surface area contributed by atoms with Crippen molar-refractivity contribution in [3.05, 3.63) is 35.4 Å². The molecule has 0 aromatic heterocycles. The first-order chi connectivity index (χ1) is 8.99. The third-order valence-corrected chi connectivity index (χ3v) is 3.66. The Morgan fingerprint density at radius 1 is 1.37 bits per heavy atom. The number of hydrogen-bond donors (Lipinski definition) is 1. The van der Waals surface area contributed by atoms with Crippen LogP contribution in [0, 0.1) is 17.6 Å². The van der Waals surface area contributed by atoms with E-state index in [4.69, 9.17) is 5.73 Å². The molecule has 4 heteroatoms. The summed E-state index contributed by atoms with van der Waals surface area (Å²) in [6, 6.07) is 3.56. The molecule has 1 aliphatic rings. The van der Waals surface area contributed by atoms with Crippen molar-refractivity contribution < 1.29 is 8.78 Å². The van der Waals surface area contributed by atoms with Gasteiger partial charge in [0.2, 0.25) is 0 Å². The molecule has 19 heavy (non-hydrogen) atoms. The summed E-state index contributed by atoms with van der Waals surface area (Å²) >= 11 is 0. The summed E-state index contributed by atoms with van der Waals surface area (Å²) in [4.78, 5) is 2.23. The molecule has 1 fully saturated rings. The standard InChI is InChI=1S/C15H22F2N2/c1-10(2)9-19-7-3-4-14(18)15(19)12-6-5-11(16)8-13(12)17/h5-6,8,10,14-15H,3-4,7,9,18H2,1-2H3. The van der Waals surface area contributed by atoms with Crippen LogP contribution in [0.15, 0.2) is 18.2 Å². The smallest absolute Gasteiger partial charge is 0.130 e. The summed E-state index contributed by atoms with van der Waals surface area (Å²) in [5.41, 5.74) is 6.70. The van der Waals surface area contributed by atoms with Crippen LogP contribution in [-0.4, -0.2) is 24.0 Å². The molecule has 1 saturated heterocycles. The van der Waals surface area contributed by atoms with Crippen LogP contribution < -0.4 is 5.73 Å². The van der Waals surface area contributed by atoms with E-state index in [1.165, 1.54) is 12.1 Å². The van der Waals surface area contributed by atoms with Gasteiger partial charge in [-0.1, -0.05) is 19.9 Å². The Morgan fingerprint density at radius 3 is 2.74 bits per heavy atom. The molecule has 1 aliphatic heterocycles. The second-order valence-electron chi connectivity index (χ2n) is 5.81. The largest absolute Gasteiger partial charge is 0.326 e. The second-order valence-corrected chi connectivity index (χ2v) is 5.81. The topological polar surface area (TPSA) is 29.3 Å². The molecule has 0 saturated carbocycles. The fourth-order valence-electron chi connectivity index (χ4n) is 2.94. The van der Waals surface area contributed by atoms with E-state index in [1.807, 2.05) is 0 Å². The lowest BCUT2D eigenvalue weighted by Crippen LogP contribution is -2.47. The monoisotopic (exact) mass is 268 g/mol. The van der Waals surface area contributed by atoms with Crippen molar-refractivity contribution in [2.24, 2.45) is 11.7 Å².